The third-order valence-electron chi connectivity index (χ3n) is 2.09. The molecular weight excluding hydrogens is 278 g/mol. The monoisotopic (exact) mass is 289 g/mol. The van der Waals surface area contributed by atoms with E-state index in [4.69, 9.17) is 11.6 Å². The van der Waals surface area contributed by atoms with Crippen molar-refractivity contribution in [3.05, 3.63) is 33.1 Å². The molecule has 0 aliphatic carbocycles. The van der Waals surface area contributed by atoms with Gasteiger partial charge in [0.25, 0.3) is 11.6 Å². The zero-order valence-electron chi connectivity index (χ0n) is 9.84. The van der Waals surface area contributed by atoms with E-state index in [9.17, 15) is 14.9 Å². The molecule has 6 nitrogen and oxygen atoms in total. The zero-order chi connectivity index (χ0) is 13.7. The van der Waals surface area contributed by atoms with Gasteiger partial charge < -0.3 is 5.32 Å². The molecular formula is C10H12ClN3O3S. The minimum Gasteiger partial charge on any atom is -0.349 e. The smallest absolute Gasteiger partial charge is 0.300 e. The number of hydrogen-bond acceptors (Lipinski definition) is 5. The number of thioether (sulfide) groups is 1. The highest BCUT2D eigenvalue weighted by molar-refractivity contribution is 7.98. The summed E-state index contributed by atoms with van der Waals surface area (Å²) in [5, 5.41) is 13.5. The fraction of sp³-hybridized carbons (Fsp3) is 0.400. The van der Waals surface area contributed by atoms with Gasteiger partial charge in [-0.1, -0.05) is 11.6 Å². The summed E-state index contributed by atoms with van der Waals surface area (Å²) < 4.78 is 0. The van der Waals surface area contributed by atoms with Gasteiger partial charge in [0, 0.05) is 11.8 Å². The Morgan fingerprint density at radius 3 is 2.94 bits per heavy atom. The molecule has 1 aromatic heterocycles. The molecule has 0 saturated carbocycles. The van der Waals surface area contributed by atoms with Crippen LogP contribution >= 0.6 is 23.4 Å². The Kier molecular flexibility index (Phi) is 5.36. The molecule has 1 rings (SSSR count). The van der Waals surface area contributed by atoms with Gasteiger partial charge in [-0.3, -0.25) is 14.9 Å². The maximum absolute atomic E-state index is 11.9. The number of nitrogens with one attached hydrogen (secondary N) is 1. The Bertz CT molecular complexity index is 470. The van der Waals surface area contributed by atoms with E-state index in [0.29, 0.717) is 0 Å². The van der Waals surface area contributed by atoms with E-state index >= 15 is 0 Å². The predicted molar refractivity (Wildman–Crippen MR) is 71.2 cm³/mol. The van der Waals surface area contributed by atoms with Gasteiger partial charge in [-0.25, -0.2) is 4.98 Å². The van der Waals surface area contributed by atoms with E-state index in [2.05, 4.69) is 10.3 Å². The topological polar surface area (TPSA) is 85.1 Å². The summed E-state index contributed by atoms with van der Waals surface area (Å²) >= 11 is 7.22. The van der Waals surface area contributed by atoms with Crippen molar-refractivity contribution >= 4 is 35.0 Å². The molecule has 0 fully saturated rings. The number of nitrogens with zero attached hydrogens (tertiary/aromatic N) is 2. The maximum Gasteiger partial charge on any atom is 0.300 e. The molecule has 0 bridgehead atoms. The van der Waals surface area contributed by atoms with Crippen LogP contribution in [0.1, 0.15) is 17.3 Å². The van der Waals surface area contributed by atoms with Crippen LogP contribution in [0, 0.1) is 10.1 Å². The molecule has 18 heavy (non-hydrogen) atoms. The fourth-order valence-electron chi connectivity index (χ4n) is 1.34. The predicted octanol–water partition coefficient (Wildman–Crippen LogP) is 2.12. The van der Waals surface area contributed by atoms with Crippen LogP contribution in [-0.2, 0) is 0 Å². The molecule has 0 aliphatic rings. The summed E-state index contributed by atoms with van der Waals surface area (Å²) in [7, 11) is 0. The van der Waals surface area contributed by atoms with Gasteiger partial charge in [0.1, 0.15) is 16.9 Å². The summed E-state index contributed by atoms with van der Waals surface area (Å²) in [4.78, 5) is 25.6. The van der Waals surface area contributed by atoms with Crippen molar-refractivity contribution in [3.63, 3.8) is 0 Å². The average molecular weight is 290 g/mol. The van der Waals surface area contributed by atoms with Gasteiger partial charge in [-0.2, -0.15) is 11.8 Å². The van der Waals surface area contributed by atoms with Gasteiger partial charge in [0.05, 0.1) is 4.92 Å². The second kappa shape index (κ2) is 6.55. The summed E-state index contributed by atoms with van der Waals surface area (Å²) in [5.41, 5.74) is -0.429. The second-order valence-corrected chi connectivity index (χ2v) is 4.91. The molecule has 98 valence electrons. The quantitative estimate of drug-likeness (QED) is 0.510. The summed E-state index contributed by atoms with van der Waals surface area (Å²) in [5.74, 6) is 0.200. The first kappa shape index (κ1) is 14.7. The Morgan fingerprint density at radius 1 is 1.72 bits per heavy atom. The highest BCUT2D eigenvalue weighted by atomic mass is 35.5. The van der Waals surface area contributed by atoms with E-state index < -0.39 is 10.8 Å². The van der Waals surface area contributed by atoms with Crippen molar-refractivity contribution < 1.29 is 9.72 Å². The zero-order valence-corrected chi connectivity index (χ0v) is 11.4. The number of carbonyl (C=O) groups is 1. The van der Waals surface area contributed by atoms with Crippen molar-refractivity contribution in [1.82, 2.24) is 10.3 Å². The lowest BCUT2D eigenvalue weighted by Crippen LogP contribution is -2.34. The normalized spacial score (nSPS) is 11.9. The van der Waals surface area contributed by atoms with Crippen LogP contribution in [0.3, 0.4) is 0 Å². The molecule has 1 aromatic rings. The first-order valence-corrected chi connectivity index (χ1v) is 6.82. The Balaban J connectivity index is 2.97. The molecule has 1 amide bonds. The van der Waals surface area contributed by atoms with Crippen LogP contribution in [0.5, 0.6) is 0 Å². The minimum atomic E-state index is -0.655. The van der Waals surface area contributed by atoms with E-state index in [-0.39, 0.29) is 22.4 Å². The van der Waals surface area contributed by atoms with Crippen molar-refractivity contribution in [2.45, 2.75) is 13.0 Å². The maximum atomic E-state index is 11.9. The van der Waals surface area contributed by atoms with Gasteiger partial charge in [0.2, 0.25) is 0 Å². The molecule has 1 atom stereocenters. The number of pyridine rings is 1. The van der Waals surface area contributed by atoms with Crippen LogP contribution in [-0.4, -0.2) is 33.9 Å². The minimum absolute atomic E-state index is 0.0447. The number of amides is 1. The SMILES string of the molecule is CSCC(C)NC(=O)c1cc(Cl)ncc1[N+](=O)[O-]. The number of nitro groups is 1. The van der Waals surface area contributed by atoms with Crippen LogP contribution in [0.25, 0.3) is 0 Å². The summed E-state index contributed by atoms with van der Waals surface area (Å²) in [6, 6.07) is 1.11. The summed E-state index contributed by atoms with van der Waals surface area (Å²) in [6.07, 6.45) is 2.89. The highest BCUT2D eigenvalue weighted by Crippen LogP contribution is 2.20. The number of carbonyl (C=O) groups excluding carboxylic acids is 1. The van der Waals surface area contributed by atoms with Crippen molar-refractivity contribution in [1.29, 1.82) is 0 Å². The lowest BCUT2D eigenvalue weighted by Gasteiger charge is -2.12. The van der Waals surface area contributed by atoms with Crippen molar-refractivity contribution in [2.75, 3.05) is 12.0 Å². The van der Waals surface area contributed by atoms with E-state index in [1.807, 2.05) is 13.2 Å². The highest BCUT2D eigenvalue weighted by Gasteiger charge is 2.22. The largest absolute Gasteiger partial charge is 0.349 e. The van der Waals surface area contributed by atoms with Gasteiger partial charge in [0.15, 0.2) is 0 Å². The Labute approximate surface area is 113 Å². The van der Waals surface area contributed by atoms with Crippen LogP contribution in [0.2, 0.25) is 5.15 Å². The van der Waals surface area contributed by atoms with Crippen molar-refractivity contribution in [3.8, 4) is 0 Å². The first-order valence-electron chi connectivity index (χ1n) is 5.05. The van der Waals surface area contributed by atoms with E-state index in [1.54, 1.807) is 11.8 Å². The third-order valence-corrected chi connectivity index (χ3v) is 3.13. The van der Waals surface area contributed by atoms with Gasteiger partial charge >= 0.3 is 0 Å². The Hall–Kier alpha value is -1.34. The second-order valence-electron chi connectivity index (χ2n) is 3.61. The fourth-order valence-corrected chi connectivity index (χ4v) is 2.08. The molecule has 0 saturated heterocycles. The first-order chi connectivity index (χ1) is 8.45. The third kappa shape index (κ3) is 3.85. The number of rotatable bonds is 5. The van der Waals surface area contributed by atoms with Crippen LogP contribution in [0.15, 0.2) is 12.3 Å². The lowest BCUT2D eigenvalue weighted by atomic mass is 10.2. The number of hydrogen-bond donors (Lipinski definition) is 1. The molecule has 1 heterocycles. The van der Waals surface area contributed by atoms with E-state index in [0.717, 1.165) is 11.9 Å². The molecule has 8 heteroatoms. The summed E-state index contributed by atoms with van der Waals surface area (Å²) in [6.45, 7) is 1.82. The molecule has 0 radical (unpaired) electrons. The average Bonchev–Trinajstić information content (AvgIpc) is 2.28. The number of halogens is 1. The molecule has 0 aromatic carbocycles. The lowest BCUT2D eigenvalue weighted by molar-refractivity contribution is -0.385. The molecule has 1 unspecified atom stereocenters. The Morgan fingerprint density at radius 2 is 2.39 bits per heavy atom. The van der Waals surface area contributed by atoms with Gasteiger partial charge in [-0.15, -0.1) is 0 Å². The number of aromatic nitrogens is 1. The standard InChI is InChI=1S/C10H12ClN3O3S/c1-6(5-18-2)13-10(15)7-3-9(11)12-4-8(7)14(16)17/h3-4,6H,5H2,1-2H3,(H,13,15). The van der Waals surface area contributed by atoms with E-state index in [1.165, 1.54) is 6.07 Å². The van der Waals surface area contributed by atoms with Crippen molar-refractivity contribution in [2.24, 2.45) is 0 Å². The molecule has 0 aliphatic heterocycles. The van der Waals surface area contributed by atoms with Gasteiger partial charge in [-0.05, 0) is 19.2 Å². The molecule has 0 spiro atoms. The van der Waals surface area contributed by atoms with Crippen LogP contribution < -0.4 is 5.32 Å². The molecule has 1 N–H and O–H groups in total. The van der Waals surface area contributed by atoms with Crippen LogP contribution in [0.4, 0.5) is 5.69 Å².